The second-order valence-corrected chi connectivity index (χ2v) is 13.6. The smallest absolute Gasteiger partial charge is 0.317 e. The molecule has 43 heavy (non-hydrogen) atoms. The van der Waals surface area contributed by atoms with E-state index in [2.05, 4.69) is 9.71 Å². The zero-order valence-electron chi connectivity index (χ0n) is 24.7. The summed E-state index contributed by atoms with van der Waals surface area (Å²) in [4.78, 5) is 31.6. The monoisotopic (exact) mass is 605 g/mol. The van der Waals surface area contributed by atoms with E-state index in [1.807, 2.05) is 33.8 Å². The third-order valence-corrected chi connectivity index (χ3v) is 9.07. The summed E-state index contributed by atoms with van der Waals surface area (Å²) in [5.74, 6) is -3.32. The highest BCUT2D eigenvalue weighted by molar-refractivity contribution is 7.92. The van der Waals surface area contributed by atoms with E-state index in [0.717, 1.165) is 12.0 Å². The van der Waals surface area contributed by atoms with Gasteiger partial charge in [0.05, 0.1) is 11.5 Å². The van der Waals surface area contributed by atoms with Gasteiger partial charge in [-0.3, -0.25) is 14.3 Å². The molecule has 1 fully saturated rings. The van der Waals surface area contributed by atoms with Crippen LogP contribution < -0.4 is 4.72 Å². The Morgan fingerprint density at radius 2 is 1.79 bits per heavy atom. The number of pyridine rings is 1. The summed E-state index contributed by atoms with van der Waals surface area (Å²) >= 11 is 0. The quantitative estimate of drug-likeness (QED) is 0.216. The summed E-state index contributed by atoms with van der Waals surface area (Å²) in [5.41, 5.74) is 1.40. The van der Waals surface area contributed by atoms with Gasteiger partial charge in [0.25, 0.3) is 10.0 Å². The van der Waals surface area contributed by atoms with Gasteiger partial charge in [0, 0.05) is 17.8 Å². The van der Waals surface area contributed by atoms with Crippen molar-refractivity contribution in [3.8, 4) is 6.07 Å². The number of nitrogens with zero attached hydrogens (tertiary/aromatic N) is 2. The van der Waals surface area contributed by atoms with Crippen molar-refractivity contribution in [3.05, 3.63) is 89.4 Å². The fourth-order valence-electron chi connectivity index (χ4n) is 5.78. The van der Waals surface area contributed by atoms with E-state index >= 15 is 0 Å². The Morgan fingerprint density at radius 3 is 2.40 bits per heavy atom. The number of aryl methyl sites for hydroxylation is 1. The summed E-state index contributed by atoms with van der Waals surface area (Å²) in [5, 5.41) is 8.74. The number of esters is 1. The Kier molecular flexibility index (Phi) is 9.65. The number of anilines is 1. The van der Waals surface area contributed by atoms with Crippen molar-refractivity contribution in [1.29, 1.82) is 5.26 Å². The lowest BCUT2D eigenvalue weighted by molar-refractivity contribution is -0.174. The third kappa shape index (κ3) is 7.46. The van der Waals surface area contributed by atoms with Crippen LogP contribution in [0.1, 0.15) is 69.6 Å². The molecule has 8 nitrogen and oxygen atoms in total. The first-order valence-electron chi connectivity index (χ1n) is 14.3. The molecule has 0 spiro atoms. The molecule has 0 saturated carbocycles. The predicted molar refractivity (Wildman–Crippen MR) is 160 cm³/mol. The highest BCUT2D eigenvalue weighted by Gasteiger charge is 2.51. The molecule has 2 unspecified atom stereocenters. The van der Waals surface area contributed by atoms with Crippen molar-refractivity contribution in [3.63, 3.8) is 0 Å². The number of cyclic esters (lactones) is 1. The molecule has 10 heteroatoms. The van der Waals surface area contributed by atoms with Crippen molar-refractivity contribution < 1.29 is 27.1 Å². The number of halogens is 1. The van der Waals surface area contributed by atoms with E-state index < -0.39 is 45.3 Å². The number of sulfonamides is 1. The lowest BCUT2D eigenvalue weighted by Gasteiger charge is -2.42. The second kappa shape index (κ2) is 13.0. The van der Waals surface area contributed by atoms with E-state index in [0.29, 0.717) is 24.8 Å². The molecule has 1 aliphatic rings. The summed E-state index contributed by atoms with van der Waals surface area (Å²) < 4.78 is 48.0. The van der Waals surface area contributed by atoms with Gasteiger partial charge >= 0.3 is 5.97 Å². The molecule has 2 heterocycles. The van der Waals surface area contributed by atoms with Gasteiger partial charge in [-0.1, -0.05) is 58.4 Å². The van der Waals surface area contributed by atoms with Gasteiger partial charge in [-0.2, -0.15) is 13.7 Å². The molecule has 1 aliphatic heterocycles. The minimum absolute atomic E-state index is 0.190. The summed E-state index contributed by atoms with van der Waals surface area (Å²) in [6.45, 7) is 7.77. The number of nitrogens with one attached hydrogen (secondary N) is 1. The normalized spacial score (nSPS) is 19.8. The first kappa shape index (κ1) is 31.8. The summed E-state index contributed by atoms with van der Waals surface area (Å²) in [6, 6.07) is 17.3. The van der Waals surface area contributed by atoms with Crippen molar-refractivity contribution in [2.45, 2.75) is 70.4 Å². The largest absolute Gasteiger partial charge is 0.461 e. The summed E-state index contributed by atoms with van der Waals surface area (Å²) in [7, 11) is -4.07. The molecule has 0 amide bonds. The number of ether oxygens (including phenoxy) is 1. The van der Waals surface area contributed by atoms with Gasteiger partial charge in [-0.25, -0.2) is 9.37 Å². The van der Waals surface area contributed by atoms with Crippen LogP contribution in [-0.2, 0) is 30.8 Å². The molecule has 4 atom stereocenters. The average molecular weight is 606 g/mol. The minimum atomic E-state index is -4.07. The van der Waals surface area contributed by atoms with Crippen LogP contribution in [0.5, 0.6) is 0 Å². The topological polar surface area (TPSA) is 126 Å². The van der Waals surface area contributed by atoms with Gasteiger partial charge in [0.1, 0.15) is 23.9 Å². The highest BCUT2D eigenvalue weighted by Crippen LogP contribution is 2.46. The van der Waals surface area contributed by atoms with E-state index in [-0.39, 0.29) is 27.9 Å². The molecule has 0 bridgehead atoms. The Balaban J connectivity index is 1.65. The fourth-order valence-corrected chi connectivity index (χ4v) is 6.76. The molecule has 2 aromatic carbocycles. The van der Waals surface area contributed by atoms with Gasteiger partial charge in [-0.15, -0.1) is 0 Å². The number of carbonyl (C=O) groups excluding carboxylic acids is 2. The van der Waals surface area contributed by atoms with Crippen LogP contribution in [0.3, 0.4) is 0 Å². The van der Waals surface area contributed by atoms with Crippen molar-refractivity contribution in [1.82, 2.24) is 4.98 Å². The lowest BCUT2D eigenvalue weighted by Crippen LogP contribution is -2.50. The molecular weight excluding hydrogens is 569 g/mol. The number of rotatable bonds is 10. The van der Waals surface area contributed by atoms with Crippen LogP contribution in [0.2, 0.25) is 0 Å². The maximum absolute atomic E-state index is 14.2. The number of hydrogen-bond donors (Lipinski definition) is 1. The van der Waals surface area contributed by atoms with E-state index in [1.165, 1.54) is 30.5 Å². The number of aromatic nitrogens is 1. The third-order valence-electron chi connectivity index (χ3n) is 7.78. The number of nitriles is 1. The number of hydrogen-bond acceptors (Lipinski definition) is 7. The minimum Gasteiger partial charge on any atom is -0.461 e. The zero-order chi connectivity index (χ0) is 31.4. The standard InChI is InChI=1S/C33H36FN3O5S/c1-5-7-27-26(16-12-21-10-14-24(34)15-11-21)31(38)29(32(39)42-27)30(33(2,3)4)23-8-6-9-25(18-23)37-43(40,41)28-17-13-22(19-35)20-36-28/h6,8-11,13-15,17-18,20,26-27,29-30,37H,5,7,12,16H2,1-4H3/t26-,27+,29?,30?/m1/s1. The molecule has 0 radical (unpaired) electrons. The molecule has 4 rings (SSSR count). The van der Waals surface area contributed by atoms with Crippen LogP contribution in [0.25, 0.3) is 0 Å². The van der Waals surface area contributed by atoms with Crippen LogP contribution in [0.4, 0.5) is 10.1 Å². The maximum Gasteiger partial charge on any atom is 0.317 e. The lowest BCUT2D eigenvalue weighted by atomic mass is 9.65. The molecule has 1 saturated heterocycles. The van der Waals surface area contributed by atoms with Crippen LogP contribution in [-0.4, -0.2) is 31.3 Å². The van der Waals surface area contributed by atoms with Crippen molar-refractivity contribution >= 4 is 27.5 Å². The Morgan fingerprint density at radius 1 is 1.07 bits per heavy atom. The van der Waals surface area contributed by atoms with E-state index in [1.54, 1.807) is 36.4 Å². The van der Waals surface area contributed by atoms with Gasteiger partial charge in [0.15, 0.2) is 10.8 Å². The van der Waals surface area contributed by atoms with Crippen LogP contribution in [0, 0.1) is 34.4 Å². The summed E-state index contributed by atoms with van der Waals surface area (Å²) in [6.07, 6.45) is 2.91. The van der Waals surface area contributed by atoms with E-state index in [4.69, 9.17) is 10.00 Å². The zero-order valence-corrected chi connectivity index (χ0v) is 25.5. The highest BCUT2D eigenvalue weighted by atomic mass is 32.2. The van der Waals surface area contributed by atoms with Gasteiger partial charge < -0.3 is 4.74 Å². The molecule has 3 aromatic rings. The number of ketones is 1. The van der Waals surface area contributed by atoms with Crippen molar-refractivity contribution in [2.75, 3.05) is 4.72 Å². The Bertz CT molecular complexity index is 1610. The van der Waals surface area contributed by atoms with Crippen molar-refractivity contribution in [2.24, 2.45) is 17.3 Å². The first-order valence-corrected chi connectivity index (χ1v) is 15.8. The Labute approximate surface area is 252 Å². The van der Waals surface area contributed by atoms with Gasteiger partial charge in [-0.05, 0) is 72.2 Å². The van der Waals surface area contributed by atoms with Gasteiger partial charge in [0.2, 0.25) is 0 Å². The van der Waals surface area contributed by atoms with Crippen LogP contribution >= 0.6 is 0 Å². The molecule has 226 valence electrons. The number of benzene rings is 2. The second-order valence-electron chi connectivity index (χ2n) is 12.0. The molecular formula is C33H36FN3O5S. The van der Waals surface area contributed by atoms with Crippen LogP contribution in [0.15, 0.2) is 71.9 Å². The van der Waals surface area contributed by atoms with E-state index in [9.17, 15) is 22.4 Å². The SMILES string of the molecule is CCC[C@@H]1OC(=O)C(C(c2cccc(NS(=O)(=O)c3ccc(C#N)cn3)c2)C(C)(C)C)C(=O)[C@@H]1CCc1ccc(F)cc1. The predicted octanol–water partition coefficient (Wildman–Crippen LogP) is 6.18. The number of Topliss-reactive ketones (excluding diaryl/α,β-unsaturated/α-hetero) is 1. The molecule has 0 aliphatic carbocycles. The maximum atomic E-state index is 14.2. The number of carbonyl (C=O) groups is 2. The molecule has 1 aromatic heterocycles. The average Bonchev–Trinajstić information content (AvgIpc) is 2.95. The Hall–Kier alpha value is -4.10. The fraction of sp³-hybridized carbons (Fsp3) is 0.394. The molecule has 1 N–H and O–H groups in total. The first-order chi connectivity index (χ1) is 20.3.